The van der Waals surface area contributed by atoms with Gasteiger partial charge in [-0.3, -0.25) is 4.79 Å². The molecule has 3 unspecified atom stereocenters. The first-order valence-electron chi connectivity index (χ1n) is 8.07. The molecule has 0 aromatic rings. The van der Waals surface area contributed by atoms with Gasteiger partial charge in [0.05, 0.1) is 12.6 Å². The van der Waals surface area contributed by atoms with Gasteiger partial charge >= 0.3 is 6.09 Å². The zero-order valence-corrected chi connectivity index (χ0v) is 13.1. The summed E-state index contributed by atoms with van der Waals surface area (Å²) < 4.78 is 4.91. The Bertz CT molecular complexity index is 375. The zero-order chi connectivity index (χ0) is 15.2. The first-order valence-corrected chi connectivity index (χ1v) is 8.07. The SMILES string of the molecule is CCOC(=O)NC1CCCN(C(=O)C2NCCCC2C)C1. The van der Waals surface area contributed by atoms with Crippen LogP contribution in [0.5, 0.6) is 0 Å². The number of piperidine rings is 2. The second-order valence-electron chi connectivity index (χ2n) is 6.04. The van der Waals surface area contributed by atoms with Crippen LogP contribution in [0.3, 0.4) is 0 Å². The predicted octanol–water partition coefficient (Wildman–Crippen LogP) is 1.11. The van der Waals surface area contributed by atoms with Crippen LogP contribution in [-0.2, 0) is 9.53 Å². The van der Waals surface area contributed by atoms with E-state index in [4.69, 9.17) is 4.74 Å². The number of rotatable bonds is 3. The van der Waals surface area contributed by atoms with Crippen LogP contribution in [0.15, 0.2) is 0 Å². The summed E-state index contributed by atoms with van der Waals surface area (Å²) in [5, 5.41) is 6.18. The van der Waals surface area contributed by atoms with E-state index in [2.05, 4.69) is 17.6 Å². The molecule has 21 heavy (non-hydrogen) atoms. The van der Waals surface area contributed by atoms with Gasteiger partial charge in [0.1, 0.15) is 0 Å². The van der Waals surface area contributed by atoms with Crippen LogP contribution in [0.1, 0.15) is 39.5 Å². The van der Waals surface area contributed by atoms with Gasteiger partial charge < -0.3 is 20.3 Å². The first kappa shape index (κ1) is 16.1. The topological polar surface area (TPSA) is 70.7 Å². The normalized spacial score (nSPS) is 29.8. The summed E-state index contributed by atoms with van der Waals surface area (Å²) in [6.07, 6.45) is 3.67. The zero-order valence-electron chi connectivity index (χ0n) is 13.1. The molecule has 0 spiro atoms. The molecule has 2 rings (SSSR count). The Morgan fingerprint density at radius 2 is 2.14 bits per heavy atom. The van der Waals surface area contributed by atoms with E-state index < -0.39 is 0 Å². The molecule has 0 bridgehead atoms. The monoisotopic (exact) mass is 297 g/mol. The predicted molar refractivity (Wildman–Crippen MR) is 79.9 cm³/mol. The van der Waals surface area contributed by atoms with Crippen molar-refractivity contribution in [2.45, 2.75) is 51.6 Å². The fourth-order valence-corrected chi connectivity index (χ4v) is 3.21. The second-order valence-corrected chi connectivity index (χ2v) is 6.04. The van der Waals surface area contributed by atoms with Crippen LogP contribution in [-0.4, -0.2) is 55.2 Å². The summed E-state index contributed by atoms with van der Waals surface area (Å²) in [6, 6.07) is -0.0688. The number of ether oxygens (including phenoxy) is 1. The summed E-state index contributed by atoms with van der Waals surface area (Å²) in [6.45, 7) is 6.57. The van der Waals surface area contributed by atoms with Gasteiger partial charge in [-0.15, -0.1) is 0 Å². The van der Waals surface area contributed by atoms with E-state index in [1.807, 2.05) is 4.90 Å². The lowest BCUT2D eigenvalue weighted by Crippen LogP contribution is -2.57. The molecule has 0 aliphatic carbocycles. The lowest BCUT2D eigenvalue weighted by molar-refractivity contribution is -0.136. The molecule has 2 heterocycles. The molecule has 2 N–H and O–H groups in total. The van der Waals surface area contributed by atoms with Crippen LogP contribution < -0.4 is 10.6 Å². The number of alkyl carbamates (subject to hydrolysis) is 1. The summed E-state index contributed by atoms with van der Waals surface area (Å²) >= 11 is 0. The number of carbonyl (C=O) groups excluding carboxylic acids is 2. The minimum atomic E-state index is -0.388. The van der Waals surface area contributed by atoms with Crippen LogP contribution >= 0.6 is 0 Å². The highest BCUT2D eigenvalue weighted by atomic mass is 16.5. The molecule has 0 aromatic heterocycles. The van der Waals surface area contributed by atoms with Gasteiger partial charge in [-0.05, 0) is 45.1 Å². The van der Waals surface area contributed by atoms with Crippen molar-refractivity contribution in [1.82, 2.24) is 15.5 Å². The Morgan fingerprint density at radius 1 is 1.33 bits per heavy atom. The lowest BCUT2D eigenvalue weighted by atomic mass is 9.91. The number of hydrogen-bond donors (Lipinski definition) is 2. The summed E-state index contributed by atoms with van der Waals surface area (Å²) in [4.78, 5) is 26.0. The van der Waals surface area contributed by atoms with Crippen LogP contribution in [0, 0.1) is 5.92 Å². The average molecular weight is 297 g/mol. The van der Waals surface area contributed by atoms with Crippen molar-refractivity contribution in [1.29, 1.82) is 0 Å². The van der Waals surface area contributed by atoms with Crippen LogP contribution in [0.2, 0.25) is 0 Å². The molecule has 2 saturated heterocycles. The van der Waals surface area contributed by atoms with Crippen molar-refractivity contribution < 1.29 is 14.3 Å². The number of amides is 2. The number of hydrogen-bond acceptors (Lipinski definition) is 4. The summed E-state index contributed by atoms with van der Waals surface area (Å²) in [5.74, 6) is 0.558. The largest absolute Gasteiger partial charge is 0.450 e. The van der Waals surface area contributed by atoms with E-state index in [1.165, 1.54) is 0 Å². The van der Waals surface area contributed by atoms with Gasteiger partial charge in [0.15, 0.2) is 0 Å². The maximum absolute atomic E-state index is 12.6. The molecule has 0 saturated carbocycles. The molecule has 2 aliphatic heterocycles. The highest BCUT2D eigenvalue weighted by molar-refractivity contribution is 5.82. The Morgan fingerprint density at radius 3 is 2.86 bits per heavy atom. The molecule has 120 valence electrons. The van der Waals surface area contributed by atoms with Crippen molar-refractivity contribution in [2.24, 2.45) is 5.92 Å². The number of nitrogens with one attached hydrogen (secondary N) is 2. The second kappa shape index (κ2) is 7.64. The Kier molecular flexibility index (Phi) is 5.85. The minimum absolute atomic E-state index is 0.000599. The van der Waals surface area contributed by atoms with Crippen molar-refractivity contribution >= 4 is 12.0 Å². The number of nitrogens with zero attached hydrogens (tertiary/aromatic N) is 1. The highest BCUT2D eigenvalue weighted by Gasteiger charge is 2.33. The summed E-state index contributed by atoms with van der Waals surface area (Å²) in [5.41, 5.74) is 0. The number of likely N-dealkylation sites (tertiary alicyclic amines) is 1. The average Bonchev–Trinajstić information content (AvgIpc) is 2.47. The Labute approximate surface area is 126 Å². The van der Waals surface area contributed by atoms with E-state index in [1.54, 1.807) is 6.92 Å². The smallest absolute Gasteiger partial charge is 0.407 e. The van der Waals surface area contributed by atoms with Crippen molar-refractivity contribution in [2.75, 3.05) is 26.2 Å². The van der Waals surface area contributed by atoms with E-state index in [0.29, 0.717) is 19.1 Å². The van der Waals surface area contributed by atoms with Gasteiger partial charge in [0, 0.05) is 19.1 Å². The Balaban J connectivity index is 1.87. The maximum atomic E-state index is 12.6. The lowest BCUT2D eigenvalue weighted by Gasteiger charge is -2.38. The third-order valence-electron chi connectivity index (χ3n) is 4.37. The van der Waals surface area contributed by atoms with Gasteiger partial charge in [-0.25, -0.2) is 4.79 Å². The van der Waals surface area contributed by atoms with E-state index in [-0.39, 0.29) is 24.1 Å². The molecule has 6 heteroatoms. The quantitative estimate of drug-likeness (QED) is 0.819. The van der Waals surface area contributed by atoms with E-state index >= 15 is 0 Å². The summed E-state index contributed by atoms with van der Waals surface area (Å²) in [7, 11) is 0. The molecule has 3 atom stereocenters. The van der Waals surface area contributed by atoms with Gasteiger partial charge in [0.25, 0.3) is 0 Å². The molecular weight excluding hydrogens is 270 g/mol. The van der Waals surface area contributed by atoms with E-state index in [9.17, 15) is 9.59 Å². The molecule has 2 amide bonds. The van der Waals surface area contributed by atoms with Gasteiger partial charge in [-0.2, -0.15) is 0 Å². The van der Waals surface area contributed by atoms with Crippen molar-refractivity contribution in [3.63, 3.8) is 0 Å². The van der Waals surface area contributed by atoms with Gasteiger partial charge in [-0.1, -0.05) is 6.92 Å². The molecule has 2 fully saturated rings. The fraction of sp³-hybridized carbons (Fsp3) is 0.867. The minimum Gasteiger partial charge on any atom is -0.450 e. The van der Waals surface area contributed by atoms with Crippen LogP contribution in [0.25, 0.3) is 0 Å². The molecule has 2 aliphatic rings. The first-order chi connectivity index (χ1) is 10.1. The van der Waals surface area contributed by atoms with Crippen molar-refractivity contribution in [3.05, 3.63) is 0 Å². The molecular formula is C15H27N3O3. The van der Waals surface area contributed by atoms with Crippen molar-refractivity contribution in [3.8, 4) is 0 Å². The van der Waals surface area contributed by atoms with E-state index in [0.717, 1.165) is 38.8 Å². The molecule has 6 nitrogen and oxygen atoms in total. The maximum Gasteiger partial charge on any atom is 0.407 e. The highest BCUT2D eigenvalue weighted by Crippen LogP contribution is 2.19. The standard InChI is InChI=1S/C15H27N3O3/c1-3-21-15(20)17-12-7-5-9-18(10-12)14(19)13-11(2)6-4-8-16-13/h11-13,16H,3-10H2,1-2H3,(H,17,20). The molecule has 0 radical (unpaired) electrons. The third kappa shape index (κ3) is 4.33. The van der Waals surface area contributed by atoms with Gasteiger partial charge in [0.2, 0.25) is 5.91 Å². The molecule has 0 aromatic carbocycles. The van der Waals surface area contributed by atoms with Crippen LogP contribution in [0.4, 0.5) is 4.79 Å². The number of carbonyl (C=O) groups is 2. The fourth-order valence-electron chi connectivity index (χ4n) is 3.21. The Hall–Kier alpha value is -1.30. The third-order valence-corrected chi connectivity index (χ3v) is 4.37.